The second kappa shape index (κ2) is 5.46. The number of aromatic nitrogens is 1. The zero-order valence-electron chi connectivity index (χ0n) is 10.0. The second-order valence-electron chi connectivity index (χ2n) is 4.45. The molecule has 2 rings (SSSR count). The van der Waals surface area contributed by atoms with Crippen molar-refractivity contribution >= 4 is 0 Å². The van der Waals surface area contributed by atoms with E-state index >= 15 is 0 Å². The third kappa shape index (κ3) is 3.06. The summed E-state index contributed by atoms with van der Waals surface area (Å²) >= 11 is 0. The molecule has 0 radical (unpaired) electrons. The van der Waals surface area contributed by atoms with Gasteiger partial charge in [-0.25, -0.2) is 4.98 Å². The van der Waals surface area contributed by atoms with Crippen molar-refractivity contribution in [3.63, 3.8) is 0 Å². The Kier molecular flexibility index (Phi) is 3.96. The van der Waals surface area contributed by atoms with Crippen molar-refractivity contribution in [1.29, 1.82) is 0 Å². The van der Waals surface area contributed by atoms with Crippen LogP contribution in [0.2, 0.25) is 0 Å². The summed E-state index contributed by atoms with van der Waals surface area (Å²) < 4.78 is 10.7. The summed E-state index contributed by atoms with van der Waals surface area (Å²) in [5, 5.41) is 3.22. The second-order valence-corrected chi connectivity index (χ2v) is 4.45. The molecule has 4 nitrogen and oxygen atoms in total. The highest BCUT2D eigenvalue weighted by Crippen LogP contribution is 2.42. The van der Waals surface area contributed by atoms with Crippen LogP contribution in [0.5, 0.6) is 0 Å². The summed E-state index contributed by atoms with van der Waals surface area (Å²) in [7, 11) is 1.70. The predicted molar refractivity (Wildman–Crippen MR) is 61.2 cm³/mol. The molecule has 1 unspecified atom stereocenters. The molecule has 0 saturated heterocycles. The van der Waals surface area contributed by atoms with E-state index in [1.54, 1.807) is 7.11 Å². The Morgan fingerprint density at radius 1 is 1.62 bits per heavy atom. The van der Waals surface area contributed by atoms with Crippen molar-refractivity contribution in [2.75, 3.05) is 20.3 Å². The topological polar surface area (TPSA) is 47.3 Å². The smallest absolute Gasteiger partial charge is 0.208 e. The Morgan fingerprint density at radius 2 is 2.44 bits per heavy atom. The first-order valence-electron chi connectivity index (χ1n) is 5.95. The molecule has 1 aliphatic carbocycles. The molecule has 1 aromatic rings. The van der Waals surface area contributed by atoms with Gasteiger partial charge in [-0.3, -0.25) is 0 Å². The lowest BCUT2D eigenvalue weighted by atomic mass is 10.0. The summed E-state index contributed by atoms with van der Waals surface area (Å²) in [5.41, 5.74) is 0. The predicted octanol–water partition coefficient (Wildman–Crippen LogP) is 1.92. The Balaban J connectivity index is 1.77. The molecule has 0 aliphatic heterocycles. The summed E-state index contributed by atoms with van der Waals surface area (Å²) in [6, 6.07) is 0. The van der Waals surface area contributed by atoms with E-state index < -0.39 is 0 Å². The molecular formula is C12H20N2O2. The van der Waals surface area contributed by atoms with E-state index in [2.05, 4.69) is 17.2 Å². The van der Waals surface area contributed by atoms with Crippen molar-refractivity contribution in [1.82, 2.24) is 10.3 Å². The summed E-state index contributed by atoms with van der Waals surface area (Å²) in [6.07, 6.45) is 4.54. The maximum Gasteiger partial charge on any atom is 0.208 e. The maximum atomic E-state index is 5.71. The highest BCUT2D eigenvalue weighted by Gasteiger charge is 2.31. The highest BCUT2D eigenvalue weighted by molar-refractivity contribution is 5.05. The van der Waals surface area contributed by atoms with Gasteiger partial charge in [-0.15, -0.1) is 0 Å². The van der Waals surface area contributed by atoms with Crippen LogP contribution in [0.1, 0.15) is 37.3 Å². The monoisotopic (exact) mass is 224 g/mol. The van der Waals surface area contributed by atoms with Gasteiger partial charge < -0.3 is 14.5 Å². The zero-order valence-corrected chi connectivity index (χ0v) is 10.0. The number of oxazole rings is 1. The Bertz CT molecular complexity index is 321. The van der Waals surface area contributed by atoms with Crippen LogP contribution in [0.25, 0.3) is 0 Å². The largest absolute Gasteiger partial charge is 0.444 e. The summed E-state index contributed by atoms with van der Waals surface area (Å²) in [5.74, 6) is 3.16. The lowest BCUT2D eigenvalue weighted by Crippen LogP contribution is -2.18. The molecule has 4 heteroatoms. The minimum absolute atomic E-state index is 0.528. The van der Waals surface area contributed by atoms with Gasteiger partial charge in [-0.1, -0.05) is 6.92 Å². The van der Waals surface area contributed by atoms with Gasteiger partial charge in [-0.2, -0.15) is 0 Å². The number of ether oxygens (including phenoxy) is 1. The number of nitrogens with zero attached hydrogens (tertiary/aromatic N) is 1. The molecule has 0 bridgehead atoms. The third-order valence-corrected chi connectivity index (χ3v) is 3.11. The van der Waals surface area contributed by atoms with Crippen LogP contribution in [-0.4, -0.2) is 25.2 Å². The van der Waals surface area contributed by atoms with Gasteiger partial charge in [-0.05, 0) is 18.8 Å². The summed E-state index contributed by atoms with van der Waals surface area (Å²) in [4.78, 5) is 4.28. The zero-order chi connectivity index (χ0) is 11.4. The van der Waals surface area contributed by atoms with E-state index in [0.717, 1.165) is 24.1 Å². The van der Waals surface area contributed by atoms with E-state index in [0.29, 0.717) is 19.1 Å². The van der Waals surface area contributed by atoms with Crippen LogP contribution in [-0.2, 0) is 11.3 Å². The van der Waals surface area contributed by atoms with Gasteiger partial charge in [0.25, 0.3) is 0 Å². The molecule has 16 heavy (non-hydrogen) atoms. The van der Waals surface area contributed by atoms with Crippen molar-refractivity contribution in [3.05, 3.63) is 17.8 Å². The standard InChI is InChI=1S/C12H20N2O2/c1-9(10-3-4-10)11-7-14-12(16-11)8-13-5-6-15-2/h7,9-10,13H,3-6,8H2,1-2H3. The quantitative estimate of drug-likeness (QED) is 0.719. The number of hydrogen-bond donors (Lipinski definition) is 1. The molecule has 1 fully saturated rings. The molecule has 1 atom stereocenters. The van der Waals surface area contributed by atoms with Crippen LogP contribution in [0.15, 0.2) is 10.6 Å². The fourth-order valence-corrected chi connectivity index (χ4v) is 1.81. The van der Waals surface area contributed by atoms with Gasteiger partial charge in [0.2, 0.25) is 5.89 Å². The molecule has 0 amide bonds. The number of methoxy groups -OCH3 is 1. The van der Waals surface area contributed by atoms with Crippen molar-refractivity contribution in [3.8, 4) is 0 Å². The van der Waals surface area contributed by atoms with Crippen molar-refractivity contribution < 1.29 is 9.15 Å². The molecule has 90 valence electrons. The number of rotatable bonds is 7. The maximum absolute atomic E-state index is 5.71. The van der Waals surface area contributed by atoms with Crippen molar-refractivity contribution in [2.45, 2.75) is 32.2 Å². The van der Waals surface area contributed by atoms with Gasteiger partial charge >= 0.3 is 0 Å². The Morgan fingerprint density at radius 3 is 3.12 bits per heavy atom. The first-order valence-corrected chi connectivity index (χ1v) is 5.95. The minimum atomic E-state index is 0.528. The Labute approximate surface area is 96.4 Å². The number of nitrogens with one attached hydrogen (secondary N) is 1. The lowest BCUT2D eigenvalue weighted by molar-refractivity contribution is 0.198. The average molecular weight is 224 g/mol. The van der Waals surface area contributed by atoms with Gasteiger partial charge in [0.15, 0.2) is 0 Å². The molecule has 0 aromatic carbocycles. The van der Waals surface area contributed by atoms with Crippen molar-refractivity contribution in [2.24, 2.45) is 5.92 Å². The van der Waals surface area contributed by atoms with E-state index in [1.165, 1.54) is 12.8 Å². The SMILES string of the molecule is COCCNCc1ncc(C(C)C2CC2)o1. The van der Waals surface area contributed by atoms with Crippen LogP contribution in [0, 0.1) is 5.92 Å². The van der Waals surface area contributed by atoms with Crippen LogP contribution < -0.4 is 5.32 Å². The molecular weight excluding hydrogens is 204 g/mol. The van der Waals surface area contributed by atoms with Crippen LogP contribution in [0.3, 0.4) is 0 Å². The van der Waals surface area contributed by atoms with Crippen LogP contribution >= 0.6 is 0 Å². The number of hydrogen-bond acceptors (Lipinski definition) is 4. The summed E-state index contributed by atoms with van der Waals surface area (Å²) in [6.45, 7) is 4.44. The molecule has 1 saturated carbocycles. The van der Waals surface area contributed by atoms with Crippen LogP contribution in [0.4, 0.5) is 0 Å². The third-order valence-electron chi connectivity index (χ3n) is 3.11. The van der Waals surface area contributed by atoms with E-state index in [1.807, 2.05) is 6.20 Å². The van der Waals surface area contributed by atoms with E-state index in [9.17, 15) is 0 Å². The molecule has 0 spiro atoms. The van der Waals surface area contributed by atoms with Gasteiger partial charge in [0.05, 0.1) is 19.3 Å². The van der Waals surface area contributed by atoms with Gasteiger partial charge in [0.1, 0.15) is 5.76 Å². The first kappa shape index (κ1) is 11.6. The fourth-order valence-electron chi connectivity index (χ4n) is 1.81. The molecule has 1 N–H and O–H groups in total. The fraction of sp³-hybridized carbons (Fsp3) is 0.750. The Hall–Kier alpha value is -0.870. The lowest BCUT2D eigenvalue weighted by Gasteiger charge is -2.04. The van der Waals surface area contributed by atoms with Gasteiger partial charge in [0, 0.05) is 19.6 Å². The molecule has 1 heterocycles. The minimum Gasteiger partial charge on any atom is -0.444 e. The first-order chi connectivity index (χ1) is 7.81. The molecule has 1 aromatic heterocycles. The molecule has 1 aliphatic rings. The normalized spacial score (nSPS) is 17.6. The van der Waals surface area contributed by atoms with E-state index in [4.69, 9.17) is 9.15 Å². The highest BCUT2D eigenvalue weighted by atomic mass is 16.5. The average Bonchev–Trinajstić information content (AvgIpc) is 3.03. The van der Waals surface area contributed by atoms with E-state index in [-0.39, 0.29) is 0 Å².